The van der Waals surface area contributed by atoms with Crippen LogP contribution in [0.4, 0.5) is 5.82 Å². The zero-order valence-electron chi connectivity index (χ0n) is 13.8. The summed E-state index contributed by atoms with van der Waals surface area (Å²) in [5.41, 5.74) is 6.90. The Bertz CT molecular complexity index is 919. The number of anilines is 1. The molecule has 2 heterocycles. The van der Waals surface area contributed by atoms with Crippen LogP contribution in [0.1, 0.15) is 20.8 Å². The van der Waals surface area contributed by atoms with Gasteiger partial charge in [-0.2, -0.15) is 5.10 Å². The minimum atomic E-state index is -0.244. The van der Waals surface area contributed by atoms with Gasteiger partial charge in [0.15, 0.2) is 10.9 Å². The van der Waals surface area contributed by atoms with Gasteiger partial charge in [0.1, 0.15) is 0 Å². The van der Waals surface area contributed by atoms with Crippen LogP contribution in [0.2, 0.25) is 5.02 Å². The average molecular weight is 406 g/mol. The second kappa shape index (κ2) is 8.31. The van der Waals surface area contributed by atoms with Gasteiger partial charge in [0.2, 0.25) is 0 Å². The zero-order chi connectivity index (χ0) is 18.5. The van der Waals surface area contributed by atoms with Crippen LogP contribution >= 0.6 is 35.2 Å². The van der Waals surface area contributed by atoms with Gasteiger partial charge in [0, 0.05) is 27.5 Å². The Morgan fingerprint density at radius 1 is 1.27 bits per heavy atom. The molecule has 0 fully saturated rings. The Kier molecular flexibility index (Phi) is 5.87. The summed E-state index contributed by atoms with van der Waals surface area (Å²) in [6, 6.07) is 11.2. The van der Waals surface area contributed by atoms with Crippen LogP contribution < -0.4 is 16.2 Å². The van der Waals surface area contributed by atoms with Gasteiger partial charge in [-0.05, 0) is 42.9 Å². The number of carbonyl (C=O) groups excluding carboxylic acids is 1. The summed E-state index contributed by atoms with van der Waals surface area (Å²) in [6.07, 6.45) is 1.84. The minimum Gasteiger partial charge on any atom is -0.315 e. The number of amides is 1. The Balaban J connectivity index is 1.49. The van der Waals surface area contributed by atoms with Crippen molar-refractivity contribution in [2.75, 3.05) is 5.32 Å². The first kappa shape index (κ1) is 18.4. The Labute approximate surface area is 165 Å². The molecule has 0 bridgehead atoms. The number of hydrazine groups is 1. The molecule has 0 unspecified atom stereocenters. The molecule has 0 aliphatic heterocycles. The largest absolute Gasteiger partial charge is 0.315 e. The number of thiocarbonyl (C=S) groups is 1. The summed E-state index contributed by atoms with van der Waals surface area (Å²) >= 11 is 12.6. The van der Waals surface area contributed by atoms with Crippen molar-refractivity contribution in [1.82, 2.24) is 20.6 Å². The van der Waals surface area contributed by atoms with Gasteiger partial charge in [0.05, 0.1) is 12.1 Å². The van der Waals surface area contributed by atoms with E-state index >= 15 is 0 Å². The summed E-state index contributed by atoms with van der Waals surface area (Å²) in [6.45, 7) is 2.56. The first-order valence-corrected chi connectivity index (χ1v) is 9.36. The molecule has 26 heavy (non-hydrogen) atoms. The lowest BCUT2D eigenvalue weighted by molar-refractivity contribution is 0.0944. The van der Waals surface area contributed by atoms with Crippen LogP contribution in [0.3, 0.4) is 0 Å². The molecule has 1 amide bonds. The van der Waals surface area contributed by atoms with E-state index in [1.165, 1.54) is 11.3 Å². The van der Waals surface area contributed by atoms with Gasteiger partial charge < -0.3 is 5.32 Å². The van der Waals surface area contributed by atoms with E-state index in [0.717, 1.165) is 10.4 Å². The lowest BCUT2D eigenvalue weighted by Gasteiger charge is -2.09. The van der Waals surface area contributed by atoms with Crippen LogP contribution in [-0.4, -0.2) is 20.8 Å². The molecule has 3 aromatic rings. The third-order valence-corrected chi connectivity index (χ3v) is 4.74. The fourth-order valence-corrected chi connectivity index (χ4v) is 3.15. The second-order valence-electron chi connectivity index (χ2n) is 5.50. The van der Waals surface area contributed by atoms with Crippen molar-refractivity contribution in [3.8, 4) is 0 Å². The lowest BCUT2D eigenvalue weighted by Crippen LogP contribution is -2.43. The smallest absolute Gasteiger partial charge is 0.270 e. The molecule has 0 spiro atoms. The highest BCUT2D eigenvalue weighted by Gasteiger charge is 2.08. The predicted molar refractivity (Wildman–Crippen MR) is 109 cm³/mol. The third kappa shape index (κ3) is 5.04. The molecule has 3 N–H and O–H groups in total. The maximum absolute atomic E-state index is 12.0. The summed E-state index contributed by atoms with van der Waals surface area (Å²) in [4.78, 5) is 13.0. The van der Waals surface area contributed by atoms with Crippen molar-refractivity contribution >= 4 is 52.0 Å². The van der Waals surface area contributed by atoms with Crippen molar-refractivity contribution in [1.29, 1.82) is 0 Å². The van der Waals surface area contributed by atoms with E-state index in [9.17, 15) is 4.79 Å². The molecule has 3 rings (SSSR count). The fourth-order valence-electron chi connectivity index (χ4n) is 2.19. The highest BCUT2D eigenvalue weighted by atomic mass is 35.5. The molecule has 0 aliphatic rings. The number of nitrogens with zero attached hydrogens (tertiary/aromatic N) is 2. The van der Waals surface area contributed by atoms with Crippen molar-refractivity contribution in [3.05, 3.63) is 69.0 Å². The molecule has 6 nitrogen and oxygen atoms in total. The number of aryl methyl sites for hydroxylation is 1. The topological polar surface area (TPSA) is 71.0 Å². The second-order valence-corrected chi connectivity index (χ2v) is 7.46. The van der Waals surface area contributed by atoms with Gasteiger partial charge in [-0.3, -0.25) is 20.3 Å². The van der Waals surface area contributed by atoms with Crippen molar-refractivity contribution in [3.63, 3.8) is 0 Å². The standard InChI is InChI=1S/C17H16ClN5OS2/c1-11-8-13(10-26-11)16(24)20-21-17(25)19-15-6-7-23(22-15)9-12-2-4-14(18)5-3-12/h2-8,10H,9H2,1H3,(H,20,24)(H2,19,21,22,25). The Hall–Kier alpha value is -2.42. The highest BCUT2D eigenvalue weighted by Crippen LogP contribution is 2.13. The van der Waals surface area contributed by atoms with Crippen LogP contribution in [0.15, 0.2) is 48.0 Å². The van der Waals surface area contributed by atoms with E-state index in [2.05, 4.69) is 21.3 Å². The summed E-state index contributed by atoms with van der Waals surface area (Å²) in [7, 11) is 0. The molecule has 0 saturated heterocycles. The van der Waals surface area contributed by atoms with Crippen molar-refractivity contribution in [2.45, 2.75) is 13.5 Å². The SMILES string of the molecule is Cc1cc(C(=O)NNC(=S)Nc2ccn(Cc3ccc(Cl)cc3)n2)cs1. The number of rotatable bonds is 4. The highest BCUT2D eigenvalue weighted by molar-refractivity contribution is 7.80. The molecule has 2 aromatic heterocycles. The average Bonchev–Trinajstić information content (AvgIpc) is 3.24. The van der Waals surface area contributed by atoms with E-state index < -0.39 is 0 Å². The van der Waals surface area contributed by atoms with Crippen LogP contribution in [0.5, 0.6) is 0 Å². The van der Waals surface area contributed by atoms with Crippen LogP contribution in [-0.2, 0) is 6.54 Å². The van der Waals surface area contributed by atoms with E-state index in [-0.39, 0.29) is 11.0 Å². The first-order chi connectivity index (χ1) is 12.5. The summed E-state index contributed by atoms with van der Waals surface area (Å²) in [5.74, 6) is 0.337. The lowest BCUT2D eigenvalue weighted by atomic mass is 10.2. The fraction of sp³-hybridized carbons (Fsp3) is 0.118. The molecule has 0 aliphatic carbocycles. The van der Waals surface area contributed by atoms with Gasteiger partial charge in [-0.15, -0.1) is 11.3 Å². The molecule has 134 valence electrons. The number of benzene rings is 1. The summed E-state index contributed by atoms with van der Waals surface area (Å²) < 4.78 is 1.78. The quantitative estimate of drug-likeness (QED) is 0.457. The molecule has 0 radical (unpaired) electrons. The Morgan fingerprint density at radius 3 is 2.73 bits per heavy atom. The number of aromatic nitrogens is 2. The monoisotopic (exact) mass is 405 g/mol. The minimum absolute atomic E-state index is 0.244. The number of thiophene rings is 1. The number of hydrogen-bond acceptors (Lipinski definition) is 4. The maximum Gasteiger partial charge on any atom is 0.270 e. The van der Waals surface area contributed by atoms with E-state index in [4.69, 9.17) is 23.8 Å². The molecule has 0 saturated carbocycles. The van der Waals surface area contributed by atoms with E-state index in [0.29, 0.717) is 22.9 Å². The van der Waals surface area contributed by atoms with Gasteiger partial charge in [-0.25, -0.2) is 0 Å². The first-order valence-electron chi connectivity index (χ1n) is 7.70. The van der Waals surface area contributed by atoms with Gasteiger partial charge in [-0.1, -0.05) is 23.7 Å². The molecule has 0 atom stereocenters. The summed E-state index contributed by atoms with van der Waals surface area (Å²) in [5, 5.41) is 10.1. The molecular weight excluding hydrogens is 390 g/mol. The number of carbonyl (C=O) groups is 1. The van der Waals surface area contributed by atoms with Crippen molar-refractivity contribution in [2.24, 2.45) is 0 Å². The van der Waals surface area contributed by atoms with Crippen LogP contribution in [0, 0.1) is 6.92 Å². The maximum atomic E-state index is 12.0. The van der Waals surface area contributed by atoms with Gasteiger partial charge >= 0.3 is 0 Å². The Morgan fingerprint density at radius 2 is 2.04 bits per heavy atom. The van der Waals surface area contributed by atoms with Crippen LogP contribution in [0.25, 0.3) is 0 Å². The van der Waals surface area contributed by atoms with Gasteiger partial charge in [0.25, 0.3) is 5.91 Å². The van der Waals surface area contributed by atoms with Crippen molar-refractivity contribution < 1.29 is 4.79 Å². The zero-order valence-corrected chi connectivity index (χ0v) is 16.2. The van der Waals surface area contributed by atoms with E-state index in [1.54, 1.807) is 16.1 Å². The molecular formula is C17H16ClN5OS2. The molecule has 9 heteroatoms. The predicted octanol–water partition coefficient (Wildman–Crippen LogP) is 3.59. The normalized spacial score (nSPS) is 10.4. The van der Waals surface area contributed by atoms with E-state index in [1.807, 2.05) is 43.5 Å². The third-order valence-electron chi connectivity index (χ3n) is 3.42. The number of hydrogen-bond donors (Lipinski definition) is 3. The number of nitrogens with one attached hydrogen (secondary N) is 3. The number of halogens is 1. The molecule has 1 aromatic carbocycles.